The molecule has 0 bridgehead atoms. The number of H-pyrrole nitrogens is 1. The first-order valence-corrected chi connectivity index (χ1v) is 5.30. The van der Waals surface area contributed by atoms with E-state index in [1.54, 1.807) is 13.1 Å². The molecule has 0 aromatic carbocycles. The Hall–Kier alpha value is -1.89. The van der Waals surface area contributed by atoms with E-state index in [2.05, 4.69) is 15.3 Å². The summed E-state index contributed by atoms with van der Waals surface area (Å²) in [6.45, 7) is 1.68. The molecular formula is C10H16N4O3. The van der Waals surface area contributed by atoms with Gasteiger partial charge >= 0.3 is 5.97 Å². The minimum Gasteiger partial charge on any atom is -0.480 e. The van der Waals surface area contributed by atoms with Crippen LogP contribution < -0.4 is 11.1 Å². The van der Waals surface area contributed by atoms with E-state index in [0.29, 0.717) is 12.8 Å². The van der Waals surface area contributed by atoms with Gasteiger partial charge in [-0.15, -0.1) is 0 Å². The van der Waals surface area contributed by atoms with Crippen LogP contribution in [-0.2, 0) is 16.0 Å². The highest BCUT2D eigenvalue weighted by atomic mass is 16.4. The largest absolute Gasteiger partial charge is 0.480 e. The van der Waals surface area contributed by atoms with Crippen molar-refractivity contribution in [3.05, 3.63) is 18.2 Å². The summed E-state index contributed by atoms with van der Waals surface area (Å²) in [6.07, 6.45) is 3.67. The van der Waals surface area contributed by atoms with Crippen LogP contribution in [0.1, 0.15) is 19.0 Å². The quantitative estimate of drug-likeness (QED) is 0.521. The number of aromatic nitrogens is 2. The van der Waals surface area contributed by atoms with Crippen molar-refractivity contribution < 1.29 is 14.7 Å². The van der Waals surface area contributed by atoms with Crippen molar-refractivity contribution in [3.8, 4) is 0 Å². The van der Waals surface area contributed by atoms with Crippen LogP contribution in [0, 0.1) is 0 Å². The minimum atomic E-state index is -1.06. The zero-order chi connectivity index (χ0) is 12.8. The van der Waals surface area contributed by atoms with Crippen molar-refractivity contribution in [1.29, 1.82) is 0 Å². The number of hydrogen-bond acceptors (Lipinski definition) is 4. The van der Waals surface area contributed by atoms with Gasteiger partial charge in [0.05, 0.1) is 12.4 Å². The molecule has 17 heavy (non-hydrogen) atoms. The molecule has 5 N–H and O–H groups in total. The molecule has 0 aliphatic carbocycles. The molecule has 1 unspecified atom stereocenters. The first-order valence-electron chi connectivity index (χ1n) is 5.30. The van der Waals surface area contributed by atoms with Crippen LogP contribution in [0.2, 0.25) is 0 Å². The summed E-state index contributed by atoms with van der Waals surface area (Å²) >= 11 is 0. The lowest BCUT2D eigenvalue weighted by Gasteiger charge is -2.15. The molecule has 0 radical (unpaired) electrons. The van der Waals surface area contributed by atoms with Crippen LogP contribution in [0.3, 0.4) is 0 Å². The summed E-state index contributed by atoms with van der Waals surface area (Å²) in [5.74, 6) is -1.54. The Balaban J connectivity index is 2.49. The number of aliphatic carboxylic acids is 1. The van der Waals surface area contributed by atoms with E-state index in [-0.39, 0.29) is 0 Å². The van der Waals surface area contributed by atoms with Crippen LogP contribution in [0.15, 0.2) is 12.5 Å². The molecule has 0 saturated heterocycles. The average Bonchev–Trinajstić information content (AvgIpc) is 2.77. The molecule has 1 rings (SSSR count). The third-order valence-corrected chi connectivity index (χ3v) is 2.35. The summed E-state index contributed by atoms with van der Waals surface area (Å²) in [7, 11) is 0. The van der Waals surface area contributed by atoms with E-state index in [1.807, 2.05) is 0 Å². The molecule has 1 amide bonds. The second-order valence-electron chi connectivity index (χ2n) is 3.70. The smallest absolute Gasteiger partial charge is 0.326 e. The lowest BCUT2D eigenvalue weighted by molar-refractivity contribution is -0.142. The van der Waals surface area contributed by atoms with Gasteiger partial charge in [-0.1, -0.05) is 6.92 Å². The van der Waals surface area contributed by atoms with Gasteiger partial charge in [-0.25, -0.2) is 9.78 Å². The summed E-state index contributed by atoms with van der Waals surface area (Å²) in [5.41, 5.74) is 6.39. The van der Waals surface area contributed by atoms with Crippen LogP contribution in [0.5, 0.6) is 0 Å². The Labute approximate surface area is 98.4 Å². The zero-order valence-electron chi connectivity index (χ0n) is 9.51. The Bertz CT molecular complexity index is 377. The lowest BCUT2D eigenvalue weighted by atomic mass is 10.1. The molecule has 0 spiro atoms. The highest BCUT2D eigenvalue weighted by molar-refractivity contribution is 5.86. The molecule has 1 aromatic heterocycles. The number of carbonyl (C=O) groups excluding carboxylic acids is 1. The number of amides is 1. The predicted molar refractivity (Wildman–Crippen MR) is 60.1 cm³/mol. The molecular weight excluding hydrogens is 224 g/mol. The number of nitrogens with one attached hydrogen (secondary N) is 2. The highest BCUT2D eigenvalue weighted by Crippen LogP contribution is 1.98. The molecule has 0 aliphatic heterocycles. The molecule has 94 valence electrons. The molecule has 0 fully saturated rings. The van der Waals surface area contributed by atoms with Gasteiger partial charge in [0.1, 0.15) is 6.04 Å². The monoisotopic (exact) mass is 240 g/mol. The van der Waals surface area contributed by atoms with E-state index in [1.165, 1.54) is 6.33 Å². The number of carboxylic acid groups (broad SMARTS) is 1. The van der Waals surface area contributed by atoms with E-state index < -0.39 is 24.0 Å². The van der Waals surface area contributed by atoms with E-state index >= 15 is 0 Å². The Morgan fingerprint density at radius 2 is 2.35 bits per heavy atom. The van der Waals surface area contributed by atoms with Gasteiger partial charge in [0, 0.05) is 18.3 Å². The summed E-state index contributed by atoms with van der Waals surface area (Å²) in [4.78, 5) is 29.0. The molecule has 0 saturated carbocycles. The third kappa shape index (κ3) is 3.87. The maximum absolute atomic E-state index is 11.6. The van der Waals surface area contributed by atoms with Crippen molar-refractivity contribution in [3.63, 3.8) is 0 Å². The number of carboxylic acids is 1. The highest BCUT2D eigenvalue weighted by Gasteiger charge is 2.21. The Morgan fingerprint density at radius 3 is 2.82 bits per heavy atom. The van der Waals surface area contributed by atoms with E-state index in [0.717, 1.165) is 5.69 Å². The molecule has 1 aromatic rings. The van der Waals surface area contributed by atoms with Crippen LogP contribution in [0.4, 0.5) is 0 Å². The fourth-order valence-electron chi connectivity index (χ4n) is 1.34. The van der Waals surface area contributed by atoms with E-state index in [9.17, 15) is 9.59 Å². The van der Waals surface area contributed by atoms with Crippen molar-refractivity contribution >= 4 is 11.9 Å². The van der Waals surface area contributed by atoms with Crippen LogP contribution in [0.25, 0.3) is 0 Å². The van der Waals surface area contributed by atoms with Gasteiger partial charge in [-0.2, -0.15) is 0 Å². The molecule has 7 heteroatoms. The van der Waals surface area contributed by atoms with Gasteiger partial charge < -0.3 is 21.1 Å². The number of nitrogens with zero attached hydrogens (tertiary/aromatic N) is 1. The Morgan fingerprint density at radius 1 is 1.65 bits per heavy atom. The second-order valence-corrected chi connectivity index (χ2v) is 3.70. The van der Waals surface area contributed by atoms with Gasteiger partial charge in [-0.05, 0) is 6.42 Å². The van der Waals surface area contributed by atoms with Crippen molar-refractivity contribution in [2.75, 3.05) is 0 Å². The fourth-order valence-corrected chi connectivity index (χ4v) is 1.34. The van der Waals surface area contributed by atoms with Crippen molar-refractivity contribution in [2.45, 2.75) is 31.8 Å². The number of carbonyl (C=O) groups is 2. The molecule has 7 nitrogen and oxygen atoms in total. The molecule has 2 atom stereocenters. The van der Waals surface area contributed by atoms with Gasteiger partial charge in [-0.3, -0.25) is 4.79 Å². The number of hydrogen-bond donors (Lipinski definition) is 4. The fraction of sp³-hybridized carbons (Fsp3) is 0.500. The SMILES string of the molecule is CC[C@H](NC(=O)C(N)Cc1cnc[nH]1)C(=O)O. The van der Waals surface area contributed by atoms with Gasteiger partial charge in [0.25, 0.3) is 0 Å². The molecule has 0 aliphatic rings. The van der Waals surface area contributed by atoms with Gasteiger partial charge in [0.15, 0.2) is 0 Å². The minimum absolute atomic E-state index is 0.294. The predicted octanol–water partition coefficient (Wildman–Crippen LogP) is -0.741. The summed E-state index contributed by atoms with van der Waals surface area (Å²) in [6, 6.07) is -1.68. The number of imidazole rings is 1. The normalized spacial score (nSPS) is 14.0. The van der Waals surface area contributed by atoms with Crippen LogP contribution in [-0.4, -0.2) is 39.0 Å². The average molecular weight is 240 g/mol. The number of rotatable bonds is 6. The second kappa shape index (κ2) is 6.00. The lowest BCUT2D eigenvalue weighted by Crippen LogP contribution is -2.49. The zero-order valence-corrected chi connectivity index (χ0v) is 9.51. The van der Waals surface area contributed by atoms with Crippen molar-refractivity contribution in [1.82, 2.24) is 15.3 Å². The van der Waals surface area contributed by atoms with Crippen molar-refractivity contribution in [2.24, 2.45) is 5.73 Å². The number of nitrogens with two attached hydrogens (primary N) is 1. The third-order valence-electron chi connectivity index (χ3n) is 2.35. The summed E-state index contributed by atoms with van der Waals surface area (Å²) in [5, 5.41) is 11.2. The van der Waals surface area contributed by atoms with E-state index in [4.69, 9.17) is 10.8 Å². The standard InChI is InChI=1S/C10H16N4O3/c1-2-8(10(16)17)14-9(15)7(11)3-6-4-12-5-13-6/h4-5,7-8H,2-3,11H2,1H3,(H,12,13)(H,14,15)(H,16,17)/t7?,8-/m0/s1. The molecule has 1 heterocycles. The number of aromatic amines is 1. The first kappa shape index (κ1) is 13.2. The Kier molecular flexibility index (Phi) is 4.65. The van der Waals surface area contributed by atoms with Crippen LogP contribution >= 0.6 is 0 Å². The van der Waals surface area contributed by atoms with Gasteiger partial charge in [0.2, 0.25) is 5.91 Å². The topological polar surface area (TPSA) is 121 Å². The maximum Gasteiger partial charge on any atom is 0.326 e. The first-order chi connectivity index (χ1) is 8.04. The maximum atomic E-state index is 11.6. The summed E-state index contributed by atoms with van der Waals surface area (Å²) < 4.78 is 0.